The third-order valence-corrected chi connectivity index (χ3v) is 38.0. The molecule has 13 rings (SSSR count). The highest BCUT2D eigenvalue weighted by Crippen LogP contribution is 2.44. The van der Waals surface area contributed by atoms with E-state index in [4.69, 9.17) is 86.1 Å². The van der Waals surface area contributed by atoms with Crippen LogP contribution in [0.5, 0.6) is 11.5 Å². The number of fused-ring (bicyclic) bond motifs is 8. The summed E-state index contributed by atoms with van der Waals surface area (Å²) >= 11 is 15.7. The third kappa shape index (κ3) is 17.1. The Balaban J connectivity index is 0.000000171. The number of aryl methyl sites for hydroxylation is 7. The Kier molecular flexibility index (Phi) is 27.3. The Morgan fingerprint density at radius 3 is 1.53 bits per heavy atom. The molecular weight excluding hydrogens is 1520 g/mol. The van der Waals surface area contributed by atoms with Gasteiger partial charge in [0.2, 0.25) is 0 Å². The lowest BCUT2D eigenvalue weighted by Crippen LogP contribution is -2.41. The number of carbonyl (C=O) groups excluding carboxylic acids is 3. The smallest absolute Gasteiger partial charge is 0.495 e. The van der Waals surface area contributed by atoms with Gasteiger partial charge in [0.15, 0.2) is 0 Å². The van der Waals surface area contributed by atoms with E-state index in [1.165, 1.54) is 24.9 Å². The number of nitrogens with one attached hydrogen (secondary N) is 2. The van der Waals surface area contributed by atoms with E-state index >= 15 is 0 Å². The highest BCUT2D eigenvalue weighted by Gasteiger charge is 2.52. The van der Waals surface area contributed by atoms with Crippen LogP contribution >= 0.6 is 11.6 Å². The van der Waals surface area contributed by atoms with Crippen molar-refractivity contribution in [3.05, 3.63) is 136 Å². The highest BCUT2D eigenvalue weighted by molar-refractivity contribution is 8.75. The fraction of sp³-hybridized carbons (Fsp3) is 0.270. The van der Waals surface area contributed by atoms with E-state index < -0.39 is 24.3 Å². The van der Waals surface area contributed by atoms with Crippen molar-refractivity contribution in [2.24, 2.45) is 0 Å². The van der Waals surface area contributed by atoms with Crippen molar-refractivity contribution in [2.75, 3.05) is 21.3 Å². The molecule has 35 heteroatoms. The number of esters is 1. The van der Waals surface area contributed by atoms with E-state index in [0.717, 1.165) is 133 Å². The lowest BCUT2D eigenvalue weighted by atomic mass is 9.76. The Labute approximate surface area is 610 Å². The molecule has 0 aliphatic carbocycles. The summed E-state index contributed by atoms with van der Waals surface area (Å²) in [7, 11) is 22.3. The Morgan fingerprint density at radius 2 is 1.05 bits per heavy atom. The van der Waals surface area contributed by atoms with Gasteiger partial charge in [0, 0.05) is 182 Å². The maximum Gasteiger partial charge on any atom is 0.495 e. The van der Waals surface area contributed by atoms with Crippen molar-refractivity contribution in [3.63, 3.8) is 0 Å². The van der Waals surface area contributed by atoms with E-state index in [-0.39, 0.29) is 13.6 Å². The number of H-pyrrole nitrogens is 2. The first-order valence-electron chi connectivity index (χ1n) is 28.6. The van der Waals surface area contributed by atoms with Gasteiger partial charge in [-0.15, -0.1) is 0 Å². The number of rotatable bonds is 7. The van der Waals surface area contributed by atoms with Crippen LogP contribution in [0.4, 0.5) is 0 Å². The fourth-order valence-corrected chi connectivity index (χ4v) is 35.8. The summed E-state index contributed by atoms with van der Waals surface area (Å²) in [5.74, 6) is 3.87. The van der Waals surface area contributed by atoms with Gasteiger partial charge in [-0.1, -0.05) is 59.7 Å². The van der Waals surface area contributed by atoms with Gasteiger partial charge in [-0.25, -0.2) is 24.7 Å². The standard InChI is InChI=1S/C27H23N5O2.C17H20BNO4.C17H15ClN4O2.CO2.CH4.S13/c1-13-8-9-18(17-7-6-10-28-25(13)17)26-24-19-12-22(33-5)20(23-14(2)32-34-15(23)3)11-21(19)31-27(24)30-16(4)29-26;1-16(2)17(3,4)23-18(22-16)13-9-8-12(15(20)21-5)14-11(13)7-6-10-19-14;1-7-14(8(2)24-22-7)11-5-12-10(6-13(11)23-4)15-16(18)19-9(3)20-17(15)21-12;2-1-3;;1-3-5-7-9-11-13-12-10-8-6-4-2/h6-12H,1-5H3,(H,29,30,31);6-10H,1-5H3;5-6H,1-4H3,(H,19,20,21);;1H4;. The summed E-state index contributed by atoms with van der Waals surface area (Å²) in [6.07, 6.45) is 3.73. The summed E-state index contributed by atoms with van der Waals surface area (Å²) in [5, 5.41) is 14.1. The summed E-state index contributed by atoms with van der Waals surface area (Å²) in [6.45, 7) is 21.5. The number of hydrogen-bond donors (Lipinski definition) is 2. The van der Waals surface area contributed by atoms with Gasteiger partial charge in [0.25, 0.3) is 0 Å². The maximum atomic E-state index is 11.9. The molecule has 0 atom stereocenters. The Morgan fingerprint density at radius 1 is 0.582 bits per heavy atom. The lowest BCUT2D eigenvalue weighted by molar-refractivity contribution is -0.191. The minimum atomic E-state index is -0.501. The molecule has 0 saturated carbocycles. The van der Waals surface area contributed by atoms with Gasteiger partial charge >= 0.3 is 19.2 Å². The van der Waals surface area contributed by atoms with Gasteiger partial charge in [-0.3, -0.25) is 9.97 Å². The SMILES string of the molecule is C.COC(=O)c1ccc(B2OC(C)(C)C(C)(C)O2)c2cccnc12.COc1cc2c(cc1-c1c(C)noc1C)[nH]c1nc(C)nc(-c3ccc(C)c4ncccc34)c12.COc1cc2c(cc1-c1c(C)noc1C)[nH]c1nc(C)nc(Cl)c12.O=C=O.S=S=S=S=S=S=S=S=S=S=S=S=S. The fourth-order valence-electron chi connectivity index (χ4n) is 10.7. The third-order valence-electron chi connectivity index (χ3n) is 15.5. The molecular formula is C63H62BClN10O10S13. The number of aromatic amines is 2. The van der Waals surface area contributed by atoms with Crippen molar-refractivity contribution in [3.8, 4) is 45.0 Å². The molecule has 4 aromatic carbocycles. The molecule has 512 valence electrons. The molecule has 1 aliphatic rings. The van der Waals surface area contributed by atoms with Crippen LogP contribution in [-0.2, 0) is 144 Å². The number of hydrogen-bond acceptors (Lipinski definition) is 20. The first-order chi connectivity index (χ1) is 46.5. The van der Waals surface area contributed by atoms with Crippen LogP contribution in [0.15, 0.2) is 94.2 Å². The monoisotopic (exact) mass is 1580 g/mol. The zero-order valence-electron chi connectivity index (χ0n) is 54.0. The van der Waals surface area contributed by atoms with Crippen molar-refractivity contribution in [2.45, 2.75) is 94.8 Å². The van der Waals surface area contributed by atoms with Crippen LogP contribution in [0, 0.1) is 48.5 Å². The number of pyridine rings is 2. The molecule has 1 fully saturated rings. The number of nitrogens with zero attached hydrogens (tertiary/aromatic N) is 8. The average molecular weight is 1580 g/mol. The second-order valence-corrected chi connectivity index (χ2v) is 41.6. The Bertz CT molecular complexity index is 5550. The molecule has 12 aromatic rings. The largest absolute Gasteiger partial charge is 0.496 e. The average Bonchev–Trinajstić information content (AvgIpc) is 1.56. The number of carbonyl (C=O) groups is 1. The van der Waals surface area contributed by atoms with Crippen LogP contribution in [0.3, 0.4) is 0 Å². The summed E-state index contributed by atoms with van der Waals surface area (Å²) < 4.78 is 39.2. The van der Waals surface area contributed by atoms with Crippen LogP contribution in [0.25, 0.3) is 99.2 Å². The maximum absolute atomic E-state index is 11.9. The van der Waals surface area contributed by atoms with Crippen LogP contribution < -0.4 is 14.9 Å². The Hall–Kier alpha value is -6.54. The molecule has 9 heterocycles. The summed E-state index contributed by atoms with van der Waals surface area (Å²) in [5.41, 5.74) is 13.7. The molecule has 0 spiro atoms. The van der Waals surface area contributed by atoms with Crippen LogP contribution in [0.2, 0.25) is 5.15 Å². The molecule has 98 heavy (non-hydrogen) atoms. The first-order valence-corrected chi connectivity index (χ1v) is 44.9. The normalized spacial score (nSPS) is 12.4. The van der Waals surface area contributed by atoms with E-state index in [2.05, 4.69) is 71.4 Å². The second kappa shape index (κ2) is 34.7. The van der Waals surface area contributed by atoms with Crippen LogP contribution in [0.1, 0.15) is 85.6 Å². The highest BCUT2D eigenvalue weighted by atomic mass is 35.5. The van der Waals surface area contributed by atoms with Gasteiger partial charge in [0.05, 0.1) is 88.1 Å². The van der Waals surface area contributed by atoms with E-state index in [9.17, 15) is 4.79 Å². The first kappa shape index (κ1) is 77.2. The molecule has 8 aromatic heterocycles. The predicted molar refractivity (Wildman–Crippen MR) is 422 cm³/mol. The number of aromatic nitrogens is 10. The van der Waals surface area contributed by atoms with Crippen molar-refractivity contribution >= 4 is 222 Å². The van der Waals surface area contributed by atoms with Gasteiger partial charge in [-0.05, 0) is 130 Å². The van der Waals surface area contributed by atoms with Gasteiger partial charge < -0.3 is 42.5 Å². The lowest BCUT2D eigenvalue weighted by Gasteiger charge is -2.32. The van der Waals surface area contributed by atoms with Gasteiger partial charge in [-0.2, -0.15) is 9.59 Å². The molecule has 20 nitrogen and oxygen atoms in total. The van der Waals surface area contributed by atoms with E-state index in [1.807, 2.05) is 118 Å². The molecule has 0 bridgehead atoms. The number of benzene rings is 4. The van der Waals surface area contributed by atoms with Crippen molar-refractivity contribution in [1.82, 2.24) is 50.2 Å². The zero-order valence-corrected chi connectivity index (χ0v) is 65.4. The van der Waals surface area contributed by atoms with Crippen molar-refractivity contribution < 1.29 is 46.9 Å². The molecule has 2 N–H and O–H groups in total. The molecule has 0 amide bonds. The second-order valence-electron chi connectivity index (χ2n) is 21.8. The topological polar surface area (TPSA) is 258 Å². The minimum Gasteiger partial charge on any atom is -0.496 e. The molecule has 0 unspecified atom stereocenters. The summed E-state index contributed by atoms with van der Waals surface area (Å²) in [6, 6.07) is 23.7. The summed E-state index contributed by atoms with van der Waals surface area (Å²) in [4.78, 5) is 62.3. The predicted octanol–water partition coefficient (Wildman–Crippen LogP) is 12.9. The molecule has 1 saturated heterocycles. The minimum absolute atomic E-state index is 0. The zero-order chi connectivity index (χ0) is 69.9. The van der Waals surface area contributed by atoms with E-state index in [0.29, 0.717) is 33.5 Å². The van der Waals surface area contributed by atoms with Crippen LogP contribution in [-0.4, -0.2) is 102 Å². The molecule has 0 radical (unpaired) electrons. The quantitative estimate of drug-likeness (QED) is 0.0853. The van der Waals surface area contributed by atoms with Gasteiger partial charge in [0.1, 0.15) is 51.1 Å². The van der Waals surface area contributed by atoms with E-state index in [1.54, 1.807) is 106 Å². The number of halogens is 1. The molecule has 1 aliphatic heterocycles. The van der Waals surface area contributed by atoms with Crippen molar-refractivity contribution in [1.29, 1.82) is 0 Å². The number of ether oxygens (including phenoxy) is 3. The number of methoxy groups -OCH3 is 3.